The number of pyridine rings is 1. The molecule has 0 bridgehead atoms. The average Bonchev–Trinajstić information content (AvgIpc) is 3.45. The molecule has 3 aromatic heterocycles. The fraction of sp³-hybridized carbons (Fsp3) is 0.154. The van der Waals surface area contributed by atoms with Crippen molar-refractivity contribution in [3.05, 3.63) is 85.3 Å². The molecule has 0 aliphatic carbocycles. The molecule has 10 nitrogen and oxygen atoms in total. The van der Waals surface area contributed by atoms with Crippen molar-refractivity contribution in [2.24, 2.45) is 0 Å². The van der Waals surface area contributed by atoms with Crippen LogP contribution in [0.2, 0.25) is 0 Å². The third kappa shape index (κ3) is 4.75. The van der Waals surface area contributed by atoms with E-state index in [1.165, 1.54) is 10.5 Å². The second kappa shape index (κ2) is 9.88. The Morgan fingerprint density at radius 3 is 2.53 bits per heavy atom. The topological polar surface area (TPSA) is 107 Å². The zero-order chi connectivity index (χ0) is 24.2. The molecule has 10 heteroatoms. The largest absolute Gasteiger partial charge is 0.378 e. The number of rotatable bonds is 6. The average molecular weight is 478 g/mol. The van der Waals surface area contributed by atoms with Crippen molar-refractivity contribution < 1.29 is 4.74 Å². The van der Waals surface area contributed by atoms with E-state index in [0.717, 1.165) is 54.5 Å². The van der Waals surface area contributed by atoms with Gasteiger partial charge in [-0.3, -0.25) is 4.98 Å². The van der Waals surface area contributed by atoms with Crippen molar-refractivity contribution in [1.29, 1.82) is 0 Å². The number of hydrogen-bond acceptors (Lipinski definition) is 9. The lowest BCUT2D eigenvalue weighted by Crippen LogP contribution is -2.36. The summed E-state index contributed by atoms with van der Waals surface area (Å²) in [5.74, 6) is 1.06. The van der Waals surface area contributed by atoms with Gasteiger partial charge in [-0.2, -0.15) is 0 Å². The van der Waals surface area contributed by atoms with Gasteiger partial charge < -0.3 is 15.0 Å². The highest BCUT2D eigenvalue weighted by Crippen LogP contribution is 2.25. The Morgan fingerprint density at radius 2 is 1.69 bits per heavy atom. The Hall–Kier alpha value is -4.70. The summed E-state index contributed by atoms with van der Waals surface area (Å²) < 4.78 is 5.48. The van der Waals surface area contributed by atoms with Crippen LogP contribution < -0.4 is 10.2 Å². The van der Waals surface area contributed by atoms with Gasteiger partial charge in [-0.1, -0.05) is 12.1 Å². The second-order valence-corrected chi connectivity index (χ2v) is 8.23. The molecular formula is C26H23N9O. The predicted octanol–water partition coefficient (Wildman–Crippen LogP) is 3.76. The van der Waals surface area contributed by atoms with E-state index >= 15 is 0 Å². The van der Waals surface area contributed by atoms with Crippen LogP contribution in [0.15, 0.2) is 85.3 Å². The maximum absolute atomic E-state index is 5.48. The lowest BCUT2D eigenvalue weighted by Gasteiger charge is -2.29. The van der Waals surface area contributed by atoms with Gasteiger partial charge in [0, 0.05) is 48.0 Å². The van der Waals surface area contributed by atoms with Crippen LogP contribution in [0.3, 0.4) is 0 Å². The highest BCUT2D eigenvalue weighted by Gasteiger charge is 2.13. The quantitative estimate of drug-likeness (QED) is 0.391. The summed E-state index contributed by atoms with van der Waals surface area (Å²) in [6.07, 6.45) is 5.15. The van der Waals surface area contributed by atoms with Crippen LogP contribution in [0.1, 0.15) is 0 Å². The van der Waals surface area contributed by atoms with E-state index in [4.69, 9.17) is 9.72 Å². The van der Waals surface area contributed by atoms with Crippen LogP contribution in [0, 0.1) is 0 Å². The fourth-order valence-corrected chi connectivity index (χ4v) is 4.01. The minimum atomic E-state index is 0.526. The minimum Gasteiger partial charge on any atom is -0.378 e. The summed E-state index contributed by atoms with van der Waals surface area (Å²) in [4.78, 5) is 17.0. The van der Waals surface area contributed by atoms with Crippen molar-refractivity contribution >= 4 is 17.3 Å². The van der Waals surface area contributed by atoms with Crippen molar-refractivity contribution in [3.63, 3.8) is 0 Å². The monoisotopic (exact) mass is 477 g/mol. The van der Waals surface area contributed by atoms with Crippen LogP contribution >= 0.6 is 0 Å². The zero-order valence-electron chi connectivity index (χ0n) is 19.4. The Bertz CT molecular complexity index is 1450. The molecule has 2 aromatic carbocycles. The summed E-state index contributed by atoms with van der Waals surface area (Å²) in [6, 6.07) is 21.8. The first-order valence-electron chi connectivity index (χ1n) is 11.7. The lowest BCUT2D eigenvalue weighted by atomic mass is 10.1. The van der Waals surface area contributed by atoms with Crippen molar-refractivity contribution in [2.45, 2.75) is 0 Å². The van der Waals surface area contributed by atoms with E-state index < -0.39 is 0 Å². The summed E-state index contributed by atoms with van der Waals surface area (Å²) in [5, 5.41) is 16.0. The number of hydrogen-bond donors (Lipinski definition) is 1. The number of tetrazole rings is 1. The Kier molecular flexibility index (Phi) is 5.99. The SMILES string of the molecule is c1cc(-c2ccnc(Nc3ccc(-c4nnn(-c5cccnc5)n4)cc3)n2)cc(N2CCOCC2)c1. The molecule has 1 fully saturated rings. The molecule has 0 saturated carbocycles. The third-order valence-electron chi connectivity index (χ3n) is 5.86. The molecule has 0 radical (unpaired) electrons. The molecule has 1 aliphatic rings. The number of morpholine rings is 1. The van der Waals surface area contributed by atoms with Gasteiger partial charge in [-0.05, 0) is 59.8 Å². The van der Waals surface area contributed by atoms with Gasteiger partial charge in [0.15, 0.2) is 0 Å². The van der Waals surface area contributed by atoms with Crippen molar-refractivity contribution in [3.8, 4) is 28.3 Å². The number of anilines is 3. The molecule has 0 atom stereocenters. The highest BCUT2D eigenvalue weighted by molar-refractivity contribution is 5.68. The van der Waals surface area contributed by atoms with E-state index in [1.807, 2.05) is 42.5 Å². The van der Waals surface area contributed by atoms with E-state index in [-0.39, 0.29) is 0 Å². The fourth-order valence-electron chi connectivity index (χ4n) is 4.01. The van der Waals surface area contributed by atoms with Gasteiger partial charge in [0.1, 0.15) is 5.69 Å². The Morgan fingerprint density at radius 1 is 0.833 bits per heavy atom. The Balaban J connectivity index is 1.17. The number of aromatic nitrogens is 7. The standard InChI is InChI=1S/C26H23N9O/c1-3-20(17-22(4-1)34-13-15-36-16-14-34)24-10-12-28-26(30-24)29-21-8-6-19(7-9-21)25-31-33-35(32-25)23-5-2-11-27-18-23/h1-12,17-18H,13-16H2,(H,28,29,30). The van der Waals surface area contributed by atoms with E-state index in [0.29, 0.717) is 11.8 Å². The van der Waals surface area contributed by atoms with Crippen LogP contribution in [-0.4, -0.2) is 61.5 Å². The van der Waals surface area contributed by atoms with Crippen LogP contribution in [-0.2, 0) is 4.74 Å². The van der Waals surface area contributed by atoms with Crippen molar-refractivity contribution in [2.75, 3.05) is 36.5 Å². The lowest BCUT2D eigenvalue weighted by molar-refractivity contribution is 0.122. The second-order valence-electron chi connectivity index (χ2n) is 8.23. The maximum Gasteiger partial charge on any atom is 0.227 e. The predicted molar refractivity (Wildman–Crippen MR) is 136 cm³/mol. The first kappa shape index (κ1) is 21.8. The van der Waals surface area contributed by atoms with Gasteiger partial charge >= 0.3 is 0 Å². The molecule has 0 spiro atoms. The summed E-state index contributed by atoms with van der Waals surface area (Å²) in [7, 11) is 0. The van der Waals surface area contributed by atoms with Crippen LogP contribution in [0.4, 0.5) is 17.3 Å². The number of nitrogens with one attached hydrogen (secondary N) is 1. The number of ether oxygens (including phenoxy) is 1. The molecule has 178 valence electrons. The number of benzene rings is 2. The van der Waals surface area contributed by atoms with E-state index in [9.17, 15) is 0 Å². The van der Waals surface area contributed by atoms with Gasteiger partial charge in [0.25, 0.3) is 0 Å². The van der Waals surface area contributed by atoms with Gasteiger partial charge in [0.05, 0.1) is 25.1 Å². The Labute approximate surface area is 207 Å². The van der Waals surface area contributed by atoms with Gasteiger partial charge in [0.2, 0.25) is 11.8 Å². The number of nitrogens with zero attached hydrogens (tertiary/aromatic N) is 8. The molecule has 4 heterocycles. The molecule has 6 rings (SSSR count). The van der Waals surface area contributed by atoms with Gasteiger partial charge in [-0.25, -0.2) is 9.97 Å². The molecule has 5 aromatic rings. The summed E-state index contributed by atoms with van der Waals surface area (Å²) in [5.41, 5.74) is 5.54. The van der Waals surface area contributed by atoms with E-state index in [1.54, 1.807) is 18.6 Å². The maximum atomic E-state index is 5.48. The first-order valence-corrected chi connectivity index (χ1v) is 11.7. The zero-order valence-corrected chi connectivity index (χ0v) is 19.4. The van der Waals surface area contributed by atoms with Crippen LogP contribution in [0.25, 0.3) is 28.3 Å². The summed E-state index contributed by atoms with van der Waals surface area (Å²) >= 11 is 0. The molecule has 0 amide bonds. The van der Waals surface area contributed by atoms with Crippen LogP contribution in [0.5, 0.6) is 0 Å². The smallest absolute Gasteiger partial charge is 0.227 e. The molecule has 1 aliphatic heterocycles. The normalized spacial score (nSPS) is 13.5. The third-order valence-corrected chi connectivity index (χ3v) is 5.86. The summed E-state index contributed by atoms with van der Waals surface area (Å²) in [6.45, 7) is 3.30. The molecule has 1 saturated heterocycles. The van der Waals surface area contributed by atoms with Gasteiger partial charge in [-0.15, -0.1) is 15.0 Å². The molecule has 1 N–H and O–H groups in total. The highest BCUT2D eigenvalue weighted by atomic mass is 16.5. The molecular weight excluding hydrogens is 454 g/mol. The van der Waals surface area contributed by atoms with E-state index in [2.05, 4.69) is 59.9 Å². The first-order chi connectivity index (χ1) is 17.8. The molecule has 36 heavy (non-hydrogen) atoms. The van der Waals surface area contributed by atoms with Crippen molar-refractivity contribution in [1.82, 2.24) is 35.2 Å². The minimum absolute atomic E-state index is 0.526. The molecule has 0 unspecified atom stereocenters.